The second-order valence-corrected chi connectivity index (χ2v) is 9.04. The summed E-state index contributed by atoms with van der Waals surface area (Å²) in [6.07, 6.45) is 13.8. The number of fused-ring (bicyclic) bond motifs is 1. The van der Waals surface area contributed by atoms with Crippen molar-refractivity contribution < 1.29 is 0 Å². The second kappa shape index (κ2) is 11.2. The molecular formula is C29H46. The van der Waals surface area contributed by atoms with Crippen LogP contribution in [0.4, 0.5) is 0 Å². The number of hydrogen-bond acceptors (Lipinski definition) is 0. The van der Waals surface area contributed by atoms with E-state index in [9.17, 15) is 0 Å². The van der Waals surface area contributed by atoms with Gasteiger partial charge in [0.2, 0.25) is 0 Å². The van der Waals surface area contributed by atoms with Gasteiger partial charge in [0, 0.05) is 0 Å². The predicted molar refractivity (Wildman–Crippen MR) is 133 cm³/mol. The highest BCUT2D eigenvalue weighted by atomic mass is 14.3. The van der Waals surface area contributed by atoms with Gasteiger partial charge in [-0.3, -0.25) is 0 Å². The maximum Gasteiger partial charge on any atom is -0.0111 e. The van der Waals surface area contributed by atoms with Crippen LogP contribution >= 0.6 is 0 Å². The summed E-state index contributed by atoms with van der Waals surface area (Å²) in [5.74, 6) is 0. The molecule has 0 fully saturated rings. The topological polar surface area (TPSA) is 0 Å². The summed E-state index contributed by atoms with van der Waals surface area (Å²) in [5, 5.41) is 3.26. The Morgan fingerprint density at radius 3 is 1.31 bits per heavy atom. The summed E-state index contributed by atoms with van der Waals surface area (Å²) in [5.41, 5.74) is 13.1. The van der Waals surface area contributed by atoms with Gasteiger partial charge < -0.3 is 0 Å². The highest BCUT2D eigenvalue weighted by Gasteiger charge is 2.22. The van der Waals surface area contributed by atoms with Crippen LogP contribution in [0, 0.1) is 20.8 Å². The van der Waals surface area contributed by atoms with Crippen LogP contribution in [0.2, 0.25) is 0 Å². The van der Waals surface area contributed by atoms with Crippen molar-refractivity contribution in [3.8, 4) is 0 Å². The number of aryl methyl sites for hydroxylation is 4. The van der Waals surface area contributed by atoms with Crippen LogP contribution in [0.5, 0.6) is 0 Å². The smallest absolute Gasteiger partial charge is 0.0111 e. The van der Waals surface area contributed by atoms with Crippen molar-refractivity contribution in [2.24, 2.45) is 0 Å². The van der Waals surface area contributed by atoms with Crippen LogP contribution in [-0.2, 0) is 32.1 Å². The fourth-order valence-corrected chi connectivity index (χ4v) is 5.54. The Hall–Kier alpha value is -1.30. The third kappa shape index (κ3) is 4.73. The molecule has 0 aliphatic heterocycles. The van der Waals surface area contributed by atoms with Gasteiger partial charge in [0.15, 0.2) is 0 Å². The molecule has 0 N–H and O–H groups in total. The number of rotatable bonds is 11. The summed E-state index contributed by atoms with van der Waals surface area (Å²) >= 11 is 0. The predicted octanol–water partition coefficient (Wildman–Crippen LogP) is 8.92. The van der Waals surface area contributed by atoms with E-state index in [1.807, 2.05) is 0 Å². The Morgan fingerprint density at radius 1 is 0.414 bits per heavy atom. The first-order valence-electron chi connectivity index (χ1n) is 12.6. The molecule has 0 heteroatoms. The van der Waals surface area contributed by atoms with E-state index in [1.54, 1.807) is 55.3 Å². The van der Waals surface area contributed by atoms with Crippen LogP contribution in [0.15, 0.2) is 0 Å². The van der Waals surface area contributed by atoms with Crippen molar-refractivity contribution >= 4 is 10.8 Å². The fourth-order valence-electron chi connectivity index (χ4n) is 5.54. The molecular weight excluding hydrogens is 348 g/mol. The number of benzene rings is 2. The highest BCUT2D eigenvalue weighted by Crippen LogP contribution is 2.40. The summed E-state index contributed by atoms with van der Waals surface area (Å²) < 4.78 is 0. The first kappa shape index (κ1) is 24.0. The third-order valence-electron chi connectivity index (χ3n) is 7.19. The molecule has 0 unspecified atom stereocenters. The van der Waals surface area contributed by atoms with Gasteiger partial charge in [0.1, 0.15) is 0 Å². The molecule has 29 heavy (non-hydrogen) atoms. The lowest BCUT2D eigenvalue weighted by Crippen LogP contribution is -2.10. The minimum atomic E-state index is 1.16. The molecule has 0 atom stereocenters. The summed E-state index contributed by atoms with van der Waals surface area (Å²) in [7, 11) is 0. The lowest BCUT2D eigenvalue weighted by molar-refractivity contribution is 0.770. The highest BCUT2D eigenvalue weighted by molar-refractivity contribution is 5.98. The van der Waals surface area contributed by atoms with Crippen molar-refractivity contribution in [3.05, 3.63) is 44.5 Å². The van der Waals surface area contributed by atoms with Crippen LogP contribution < -0.4 is 0 Å². The fraction of sp³-hybridized carbons (Fsp3) is 0.655. The lowest BCUT2D eigenvalue weighted by atomic mass is 9.78. The van der Waals surface area contributed by atoms with E-state index < -0.39 is 0 Å². The van der Waals surface area contributed by atoms with Crippen molar-refractivity contribution in [3.63, 3.8) is 0 Å². The second-order valence-electron chi connectivity index (χ2n) is 9.04. The van der Waals surface area contributed by atoms with Crippen molar-refractivity contribution in [2.45, 2.75) is 126 Å². The molecule has 0 radical (unpaired) electrons. The van der Waals surface area contributed by atoms with Crippen molar-refractivity contribution in [2.75, 3.05) is 0 Å². The maximum absolute atomic E-state index is 2.44. The molecule has 0 aromatic heterocycles. The molecule has 162 valence electrons. The lowest BCUT2D eigenvalue weighted by Gasteiger charge is -2.27. The molecule has 0 amide bonds. The van der Waals surface area contributed by atoms with Gasteiger partial charge in [-0.1, -0.05) is 53.9 Å². The van der Waals surface area contributed by atoms with Crippen LogP contribution in [0.25, 0.3) is 10.8 Å². The summed E-state index contributed by atoms with van der Waals surface area (Å²) in [6, 6.07) is 0. The molecule has 0 saturated heterocycles. The van der Waals surface area contributed by atoms with Gasteiger partial charge >= 0.3 is 0 Å². The Bertz CT molecular complexity index is 823. The third-order valence-corrected chi connectivity index (χ3v) is 7.19. The minimum Gasteiger partial charge on any atom is -0.0654 e. The first-order chi connectivity index (χ1) is 14.0. The zero-order valence-electron chi connectivity index (χ0n) is 20.8. The Morgan fingerprint density at radius 2 is 0.828 bits per heavy atom. The van der Waals surface area contributed by atoms with Gasteiger partial charge in [-0.15, -0.1) is 0 Å². The van der Waals surface area contributed by atoms with E-state index in [1.165, 1.54) is 64.2 Å². The van der Waals surface area contributed by atoms with E-state index in [2.05, 4.69) is 55.4 Å². The SMILES string of the molecule is CCCCc1c(CC)c(CC)c2c(C)c(CCCC)c(C)c(CCCC)c2c1C. The number of unbranched alkanes of at least 4 members (excludes halogenated alkanes) is 3. The van der Waals surface area contributed by atoms with E-state index >= 15 is 0 Å². The van der Waals surface area contributed by atoms with Gasteiger partial charge in [0.25, 0.3) is 0 Å². The van der Waals surface area contributed by atoms with E-state index in [4.69, 9.17) is 0 Å². The minimum absolute atomic E-state index is 1.16. The van der Waals surface area contributed by atoms with Gasteiger partial charge in [-0.05, 0) is 127 Å². The molecule has 2 aromatic carbocycles. The van der Waals surface area contributed by atoms with Crippen molar-refractivity contribution in [1.82, 2.24) is 0 Å². The Balaban J connectivity index is 2.98. The molecule has 0 heterocycles. The van der Waals surface area contributed by atoms with E-state index in [0.29, 0.717) is 0 Å². The van der Waals surface area contributed by atoms with Crippen LogP contribution in [-0.4, -0.2) is 0 Å². The van der Waals surface area contributed by atoms with E-state index in [-0.39, 0.29) is 0 Å². The Kier molecular flexibility index (Phi) is 9.25. The van der Waals surface area contributed by atoms with Crippen LogP contribution in [0.1, 0.15) is 118 Å². The van der Waals surface area contributed by atoms with Gasteiger partial charge in [-0.2, -0.15) is 0 Å². The zero-order valence-corrected chi connectivity index (χ0v) is 20.8. The van der Waals surface area contributed by atoms with E-state index in [0.717, 1.165) is 6.42 Å². The molecule has 0 saturated carbocycles. The van der Waals surface area contributed by atoms with Crippen LogP contribution in [0.3, 0.4) is 0 Å². The zero-order chi connectivity index (χ0) is 21.6. The number of hydrogen-bond donors (Lipinski definition) is 0. The monoisotopic (exact) mass is 394 g/mol. The molecule has 0 aliphatic rings. The quantitative estimate of drug-likeness (QED) is 0.357. The molecule has 0 spiro atoms. The molecule has 2 rings (SSSR count). The average molecular weight is 395 g/mol. The summed E-state index contributed by atoms with van der Waals surface area (Å²) in [4.78, 5) is 0. The van der Waals surface area contributed by atoms with Gasteiger partial charge in [0.05, 0.1) is 0 Å². The van der Waals surface area contributed by atoms with Gasteiger partial charge in [-0.25, -0.2) is 0 Å². The normalized spacial score (nSPS) is 11.6. The Labute approximate surface area is 181 Å². The molecule has 0 nitrogen and oxygen atoms in total. The molecule has 2 aromatic rings. The largest absolute Gasteiger partial charge is 0.0654 e. The molecule has 0 aliphatic carbocycles. The maximum atomic E-state index is 2.44. The standard InChI is InChI=1S/C29H46/c1-9-14-17-25-20(6)27(19-16-11-3)29-22(8)26(18-15-10-2)23(12-4)24(13-5)28(29)21(25)7/h9-19H2,1-8H3. The summed E-state index contributed by atoms with van der Waals surface area (Å²) in [6.45, 7) is 19.0. The molecule has 0 bridgehead atoms. The average Bonchev–Trinajstić information content (AvgIpc) is 2.72. The van der Waals surface area contributed by atoms with Crippen molar-refractivity contribution in [1.29, 1.82) is 0 Å². The first-order valence-corrected chi connectivity index (χ1v) is 12.6.